The van der Waals surface area contributed by atoms with Crippen molar-refractivity contribution in [1.82, 2.24) is 9.80 Å². The predicted octanol–water partition coefficient (Wildman–Crippen LogP) is 4.45. The summed E-state index contributed by atoms with van der Waals surface area (Å²) in [4.78, 5) is 30.2. The summed E-state index contributed by atoms with van der Waals surface area (Å²) in [5.41, 5.74) is 1.82. The zero-order valence-electron chi connectivity index (χ0n) is 19.7. The first-order valence-corrected chi connectivity index (χ1v) is 12.3. The number of aliphatic hydroxyl groups is 1. The molecule has 2 saturated heterocycles. The summed E-state index contributed by atoms with van der Waals surface area (Å²) in [7, 11) is 1.56. The molecule has 9 heteroatoms. The lowest BCUT2D eigenvalue weighted by Crippen LogP contribution is -2.38. The number of morpholine rings is 1. The highest BCUT2D eigenvalue weighted by Crippen LogP contribution is 2.41. The van der Waals surface area contributed by atoms with Crippen molar-refractivity contribution in [2.75, 3.05) is 46.5 Å². The summed E-state index contributed by atoms with van der Waals surface area (Å²) in [6.45, 7) is 6.00. The van der Waals surface area contributed by atoms with E-state index >= 15 is 0 Å². The van der Waals surface area contributed by atoms with Crippen molar-refractivity contribution >= 4 is 40.7 Å². The van der Waals surface area contributed by atoms with E-state index in [4.69, 9.17) is 32.7 Å². The Kier molecular flexibility index (Phi) is 8.02. The molecule has 0 aromatic heterocycles. The number of hydrogen-bond donors (Lipinski definition) is 1. The van der Waals surface area contributed by atoms with E-state index in [2.05, 4.69) is 4.90 Å². The number of nitrogens with zero attached hydrogens (tertiary/aromatic N) is 2. The number of methoxy groups -OCH3 is 1. The van der Waals surface area contributed by atoms with Crippen LogP contribution in [0.2, 0.25) is 10.0 Å². The standard InChI is InChI=1S/C26H28Cl2N2O5/c1-16-14-18(34-2)5-6-19(16)24(31)22-23(17-4-7-20(27)21(28)15-17)30(26(33)25(22)32)9-3-8-29-10-12-35-13-11-29/h4-7,14-15,23,31H,3,8-13H2,1-2H3. The maximum atomic E-state index is 13.2. The second kappa shape index (κ2) is 11.0. The van der Waals surface area contributed by atoms with Crippen LogP contribution in [-0.2, 0) is 14.3 Å². The van der Waals surface area contributed by atoms with Crippen molar-refractivity contribution in [2.45, 2.75) is 19.4 Å². The molecule has 1 amide bonds. The van der Waals surface area contributed by atoms with Gasteiger partial charge in [0.2, 0.25) is 0 Å². The summed E-state index contributed by atoms with van der Waals surface area (Å²) in [6.07, 6.45) is 0.673. The fourth-order valence-corrected chi connectivity index (χ4v) is 4.91. The molecule has 4 rings (SSSR count). The van der Waals surface area contributed by atoms with E-state index in [-0.39, 0.29) is 11.3 Å². The molecule has 2 aromatic carbocycles. The van der Waals surface area contributed by atoms with Gasteiger partial charge >= 0.3 is 0 Å². The van der Waals surface area contributed by atoms with Crippen LogP contribution in [0, 0.1) is 6.92 Å². The highest BCUT2D eigenvalue weighted by atomic mass is 35.5. The summed E-state index contributed by atoms with van der Waals surface area (Å²) < 4.78 is 10.7. The van der Waals surface area contributed by atoms with Gasteiger partial charge in [-0.15, -0.1) is 0 Å². The van der Waals surface area contributed by atoms with Crippen molar-refractivity contribution in [2.24, 2.45) is 0 Å². The quantitative estimate of drug-likeness (QED) is 0.331. The third kappa shape index (κ3) is 5.33. The highest BCUT2D eigenvalue weighted by Gasteiger charge is 2.46. The molecule has 0 radical (unpaired) electrons. The summed E-state index contributed by atoms with van der Waals surface area (Å²) in [5, 5.41) is 12.0. The lowest BCUT2D eigenvalue weighted by atomic mass is 9.94. The van der Waals surface area contributed by atoms with Gasteiger partial charge in [-0.3, -0.25) is 14.5 Å². The number of rotatable bonds is 7. The van der Waals surface area contributed by atoms with Gasteiger partial charge in [-0.05, 0) is 54.8 Å². The van der Waals surface area contributed by atoms with Gasteiger partial charge in [-0.1, -0.05) is 29.3 Å². The molecule has 0 bridgehead atoms. The summed E-state index contributed by atoms with van der Waals surface area (Å²) >= 11 is 12.4. The van der Waals surface area contributed by atoms with Gasteiger partial charge in [0.1, 0.15) is 11.5 Å². The van der Waals surface area contributed by atoms with Gasteiger partial charge in [-0.2, -0.15) is 0 Å². The maximum Gasteiger partial charge on any atom is 0.295 e. The number of likely N-dealkylation sites (tertiary alicyclic amines) is 1. The second-order valence-electron chi connectivity index (χ2n) is 8.65. The molecule has 7 nitrogen and oxygen atoms in total. The topological polar surface area (TPSA) is 79.3 Å². The van der Waals surface area contributed by atoms with Crippen LogP contribution in [0.1, 0.15) is 29.2 Å². The van der Waals surface area contributed by atoms with E-state index in [9.17, 15) is 14.7 Å². The first kappa shape index (κ1) is 25.5. The van der Waals surface area contributed by atoms with E-state index in [0.29, 0.717) is 58.7 Å². The molecule has 1 atom stereocenters. The number of benzene rings is 2. The second-order valence-corrected chi connectivity index (χ2v) is 9.47. The molecule has 0 aliphatic carbocycles. The average molecular weight is 519 g/mol. The molecule has 1 unspecified atom stereocenters. The molecular formula is C26H28Cl2N2O5. The van der Waals surface area contributed by atoms with Gasteiger partial charge in [0.25, 0.3) is 11.7 Å². The average Bonchev–Trinajstić information content (AvgIpc) is 3.11. The Balaban J connectivity index is 1.72. The summed E-state index contributed by atoms with van der Waals surface area (Å²) in [5.74, 6) is -0.963. The minimum Gasteiger partial charge on any atom is -0.507 e. The number of aryl methyl sites for hydroxylation is 1. The Bertz CT molecular complexity index is 1160. The van der Waals surface area contributed by atoms with Crippen molar-refractivity contribution in [3.63, 3.8) is 0 Å². The Morgan fingerprint density at radius 3 is 2.49 bits per heavy atom. The zero-order chi connectivity index (χ0) is 25.1. The number of Topliss-reactive ketones (excluding diaryl/α,β-unsaturated/α-hetero) is 1. The monoisotopic (exact) mass is 518 g/mol. The van der Waals surface area contributed by atoms with Gasteiger partial charge in [0, 0.05) is 31.7 Å². The number of ketones is 1. The predicted molar refractivity (Wildman–Crippen MR) is 135 cm³/mol. The number of amides is 1. The molecule has 0 saturated carbocycles. The largest absolute Gasteiger partial charge is 0.507 e. The number of carbonyl (C=O) groups excluding carboxylic acids is 2. The molecule has 2 fully saturated rings. The van der Waals surface area contributed by atoms with Crippen LogP contribution in [0.3, 0.4) is 0 Å². The maximum absolute atomic E-state index is 13.2. The highest BCUT2D eigenvalue weighted by molar-refractivity contribution is 6.47. The van der Waals surface area contributed by atoms with Crippen molar-refractivity contribution < 1.29 is 24.2 Å². The van der Waals surface area contributed by atoms with E-state index in [0.717, 1.165) is 19.6 Å². The smallest absolute Gasteiger partial charge is 0.295 e. The number of carbonyl (C=O) groups is 2. The van der Waals surface area contributed by atoms with E-state index in [1.165, 1.54) is 4.90 Å². The van der Waals surface area contributed by atoms with Crippen LogP contribution >= 0.6 is 23.2 Å². The number of aliphatic hydroxyl groups excluding tert-OH is 1. The molecule has 2 aliphatic heterocycles. The third-order valence-corrected chi connectivity index (χ3v) is 7.20. The Hall–Kier alpha value is -2.58. The van der Waals surface area contributed by atoms with Crippen LogP contribution in [-0.4, -0.2) is 73.1 Å². The van der Waals surface area contributed by atoms with Gasteiger partial charge in [0.15, 0.2) is 0 Å². The van der Waals surface area contributed by atoms with Crippen LogP contribution in [0.15, 0.2) is 42.0 Å². The van der Waals surface area contributed by atoms with Crippen LogP contribution < -0.4 is 4.74 Å². The Morgan fingerprint density at radius 2 is 1.83 bits per heavy atom. The summed E-state index contributed by atoms with van der Waals surface area (Å²) in [6, 6.07) is 9.37. The molecule has 1 N–H and O–H groups in total. The zero-order valence-corrected chi connectivity index (χ0v) is 21.2. The lowest BCUT2D eigenvalue weighted by molar-refractivity contribution is -0.140. The molecule has 2 heterocycles. The molecule has 0 spiro atoms. The molecule has 2 aliphatic rings. The first-order valence-electron chi connectivity index (χ1n) is 11.5. The fraction of sp³-hybridized carbons (Fsp3) is 0.385. The number of hydrogen-bond acceptors (Lipinski definition) is 6. The minimum absolute atomic E-state index is 0.0352. The van der Waals surface area contributed by atoms with Crippen LogP contribution in [0.5, 0.6) is 5.75 Å². The SMILES string of the molecule is COc1ccc(C(O)=C2C(=O)C(=O)N(CCCN3CCOCC3)C2c2ccc(Cl)c(Cl)c2)c(C)c1. The van der Waals surface area contributed by atoms with Crippen molar-refractivity contribution in [3.05, 3.63) is 68.7 Å². The van der Waals surface area contributed by atoms with E-state index in [1.54, 1.807) is 43.5 Å². The van der Waals surface area contributed by atoms with Gasteiger partial charge in [0.05, 0.1) is 42.0 Å². The molecule has 186 valence electrons. The molecule has 2 aromatic rings. The molecule has 35 heavy (non-hydrogen) atoms. The number of ether oxygens (including phenoxy) is 2. The van der Waals surface area contributed by atoms with Crippen molar-refractivity contribution in [1.29, 1.82) is 0 Å². The normalized spacial score (nSPS) is 20.5. The van der Waals surface area contributed by atoms with Crippen LogP contribution in [0.25, 0.3) is 5.76 Å². The third-order valence-electron chi connectivity index (χ3n) is 6.47. The number of halogens is 2. The van der Waals surface area contributed by atoms with Crippen LogP contribution in [0.4, 0.5) is 0 Å². The van der Waals surface area contributed by atoms with E-state index in [1.807, 2.05) is 6.92 Å². The van der Waals surface area contributed by atoms with Gasteiger partial charge in [-0.25, -0.2) is 0 Å². The lowest BCUT2D eigenvalue weighted by Gasteiger charge is -2.29. The van der Waals surface area contributed by atoms with Crippen molar-refractivity contribution in [3.8, 4) is 5.75 Å². The van der Waals surface area contributed by atoms with Gasteiger partial charge < -0.3 is 19.5 Å². The Morgan fingerprint density at radius 1 is 1.09 bits per heavy atom. The Labute approximate surface area is 214 Å². The van der Waals surface area contributed by atoms with E-state index < -0.39 is 17.7 Å². The first-order chi connectivity index (χ1) is 16.8. The minimum atomic E-state index is -0.782. The molecular weight excluding hydrogens is 491 g/mol. The fourth-order valence-electron chi connectivity index (χ4n) is 4.60.